The van der Waals surface area contributed by atoms with Crippen LogP contribution >= 0.6 is 15.7 Å². The molecule has 0 aliphatic carbocycles. The number of benzene rings is 4. The molecule has 0 radical (unpaired) electrons. The summed E-state index contributed by atoms with van der Waals surface area (Å²) in [6, 6.07) is 43.1. The van der Waals surface area contributed by atoms with E-state index in [1.807, 2.05) is 4.90 Å². The predicted molar refractivity (Wildman–Crippen MR) is 163 cm³/mol. The second-order valence-corrected chi connectivity index (χ2v) is 14.0. The fourth-order valence-electron chi connectivity index (χ4n) is 5.24. The minimum absolute atomic E-state index is 0.0878. The maximum Gasteiger partial charge on any atom is 0.228 e. The van der Waals surface area contributed by atoms with Crippen molar-refractivity contribution in [3.05, 3.63) is 132 Å². The molecule has 1 fully saturated rings. The summed E-state index contributed by atoms with van der Waals surface area (Å²) in [5.74, 6) is 0.221. The van der Waals surface area contributed by atoms with Crippen LogP contribution in [0.25, 0.3) is 10.4 Å². The molecule has 1 saturated heterocycles. The number of likely N-dealkylation sites (tertiary alicyclic amines) is 1. The molecule has 5 nitrogen and oxygen atoms in total. The van der Waals surface area contributed by atoms with Crippen LogP contribution < -0.4 is 21.2 Å². The number of nitrogens with zero attached hydrogens (tertiary/aromatic N) is 4. The van der Waals surface area contributed by atoms with E-state index in [1.165, 1.54) is 21.2 Å². The van der Waals surface area contributed by atoms with Gasteiger partial charge in [0.1, 0.15) is 6.54 Å². The van der Waals surface area contributed by atoms with Gasteiger partial charge in [0, 0.05) is 23.7 Å². The van der Waals surface area contributed by atoms with Gasteiger partial charge < -0.3 is 4.90 Å². The van der Waals surface area contributed by atoms with Crippen LogP contribution in [0.2, 0.25) is 5.82 Å². The fourth-order valence-corrected chi connectivity index (χ4v) is 11.1. The van der Waals surface area contributed by atoms with Crippen LogP contribution in [0.15, 0.2) is 126 Å². The first kappa shape index (κ1) is 26.2. The van der Waals surface area contributed by atoms with Crippen LogP contribution in [0.1, 0.15) is 0 Å². The highest BCUT2D eigenvalue weighted by molar-refractivity contribution is 7.97. The molecular formula is C30H29BN4OP2. The molecule has 0 unspecified atom stereocenters. The van der Waals surface area contributed by atoms with Gasteiger partial charge in [-0.25, -0.2) is 0 Å². The smallest absolute Gasteiger partial charge is 0.228 e. The summed E-state index contributed by atoms with van der Waals surface area (Å²) >= 11 is 0. The van der Waals surface area contributed by atoms with Crippen LogP contribution in [-0.4, -0.2) is 43.1 Å². The minimum atomic E-state index is -0.711. The van der Waals surface area contributed by atoms with Gasteiger partial charge in [0.05, 0.1) is 0 Å². The first-order chi connectivity index (χ1) is 18.7. The molecule has 0 spiro atoms. The number of amides is 1. The molecule has 188 valence electrons. The first-order valence-corrected chi connectivity index (χ1v) is 15.7. The van der Waals surface area contributed by atoms with Gasteiger partial charge in [0.2, 0.25) is 5.91 Å². The van der Waals surface area contributed by atoms with Crippen LogP contribution in [0.4, 0.5) is 0 Å². The number of carbonyl (C=O) groups is 1. The summed E-state index contributed by atoms with van der Waals surface area (Å²) in [5, 5.41) is 8.96. The number of azide groups is 1. The van der Waals surface area contributed by atoms with Gasteiger partial charge in [-0.15, -0.1) is 0 Å². The lowest BCUT2D eigenvalue weighted by Crippen LogP contribution is -2.32. The highest BCUT2D eigenvalue weighted by Crippen LogP contribution is 2.51. The van der Waals surface area contributed by atoms with Crippen molar-refractivity contribution in [2.75, 3.05) is 19.6 Å². The summed E-state index contributed by atoms with van der Waals surface area (Å²) in [6.45, 7) is 2.22. The van der Waals surface area contributed by atoms with Crippen molar-refractivity contribution in [1.29, 1.82) is 0 Å². The van der Waals surface area contributed by atoms with E-state index in [2.05, 4.69) is 131 Å². The molecule has 2 atom stereocenters. The third-order valence-electron chi connectivity index (χ3n) is 6.98. The molecule has 0 bridgehead atoms. The topological polar surface area (TPSA) is 69.1 Å². The normalized spacial score (nSPS) is 16.8. The molecule has 0 aromatic heterocycles. The van der Waals surface area contributed by atoms with E-state index in [4.69, 9.17) is 5.53 Å². The van der Waals surface area contributed by atoms with Crippen LogP contribution in [0.3, 0.4) is 0 Å². The van der Waals surface area contributed by atoms with Crippen LogP contribution in [0, 0.1) is 0 Å². The van der Waals surface area contributed by atoms with Gasteiger partial charge in [-0.2, -0.15) is 0 Å². The lowest BCUT2D eigenvalue weighted by atomic mass is 9.84. The molecule has 0 saturated carbocycles. The number of hydrogen-bond acceptors (Lipinski definition) is 2. The molecule has 1 aliphatic heterocycles. The summed E-state index contributed by atoms with van der Waals surface area (Å²) in [7, 11) is -1.32. The molecule has 1 heterocycles. The summed E-state index contributed by atoms with van der Waals surface area (Å²) in [4.78, 5) is 17.9. The highest BCUT2D eigenvalue weighted by atomic mass is 31.1. The fraction of sp³-hybridized carbons (Fsp3) is 0.167. The van der Waals surface area contributed by atoms with Crippen molar-refractivity contribution in [2.45, 2.75) is 11.5 Å². The second-order valence-electron chi connectivity index (χ2n) is 9.34. The zero-order valence-electron chi connectivity index (χ0n) is 21.1. The van der Waals surface area contributed by atoms with Gasteiger partial charge in [-0.1, -0.05) is 134 Å². The standard InChI is InChI=1S/C30H29BN4OP2/c32-34-33-21-30(36)35-22-28(31-38(26-17-9-3-10-18-26)27-19-11-4-12-20-27)29(23-35)37(24-13-5-1-6-14-24)25-15-7-2-8-16-25/h1-20,28-29,31H,21-23H2/t28-,29-/m0/s1. The Morgan fingerprint density at radius 1 is 0.763 bits per heavy atom. The Balaban J connectivity index is 1.56. The Bertz CT molecular complexity index is 1290. The van der Waals surface area contributed by atoms with E-state index in [1.54, 1.807) is 0 Å². The van der Waals surface area contributed by atoms with Gasteiger partial charge in [0.25, 0.3) is 0 Å². The molecule has 4 aromatic carbocycles. The van der Waals surface area contributed by atoms with Crippen molar-refractivity contribution in [1.82, 2.24) is 4.90 Å². The Morgan fingerprint density at radius 3 is 1.66 bits per heavy atom. The molecule has 1 aliphatic rings. The quantitative estimate of drug-likeness (QED) is 0.0990. The van der Waals surface area contributed by atoms with Crippen molar-refractivity contribution < 1.29 is 4.79 Å². The van der Waals surface area contributed by atoms with Crippen molar-refractivity contribution in [3.8, 4) is 0 Å². The zero-order valence-corrected chi connectivity index (χ0v) is 22.9. The van der Waals surface area contributed by atoms with E-state index in [0.29, 0.717) is 24.6 Å². The highest BCUT2D eigenvalue weighted by Gasteiger charge is 2.42. The zero-order chi connectivity index (χ0) is 26.2. The van der Waals surface area contributed by atoms with Crippen molar-refractivity contribution in [3.63, 3.8) is 0 Å². The number of rotatable bonds is 9. The van der Waals surface area contributed by atoms with E-state index in [9.17, 15) is 4.79 Å². The lowest BCUT2D eigenvalue weighted by Gasteiger charge is -2.31. The Kier molecular flexibility index (Phi) is 8.89. The van der Waals surface area contributed by atoms with Gasteiger partial charge >= 0.3 is 0 Å². The molecule has 8 heteroatoms. The van der Waals surface area contributed by atoms with E-state index < -0.39 is 15.7 Å². The SMILES string of the molecule is [N-]=[N+]=NCC(=O)N1C[C@H](BP(c2ccccc2)c2ccccc2)[C@@H](P(c2ccccc2)c2ccccc2)C1. The first-order valence-electron chi connectivity index (χ1n) is 12.8. The maximum absolute atomic E-state index is 13.1. The van der Waals surface area contributed by atoms with Gasteiger partial charge in [0.15, 0.2) is 7.00 Å². The third kappa shape index (κ3) is 6.17. The number of carbonyl (C=O) groups excluding carboxylic acids is 1. The second kappa shape index (κ2) is 12.9. The monoisotopic (exact) mass is 534 g/mol. The third-order valence-corrected chi connectivity index (χ3v) is 12.6. The summed E-state index contributed by atoms with van der Waals surface area (Å²) in [6.07, 6.45) is 0. The Morgan fingerprint density at radius 2 is 1.21 bits per heavy atom. The minimum Gasteiger partial charge on any atom is -0.342 e. The molecule has 4 aromatic rings. The average molecular weight is 534 g/mol. The van der Waals surface area contributed by atoms with E-state index in [0.717, 1.165) is 7.00 Å². The van der Waals surface area contributed by atoms with Crippen molar-refractivity contribution in [2.24, 2.45) is 5.11 Å². The largest absolute Gasteiger partial charge is 0.342 e. The molecule has 1 amide bonds. The predicted octanol–water partition coefficient (Wildman–Crippen LogP) is 4.91. The molecule has 38 heavy (non-hydrogen) atoms. The molecular weight excluding hydrogens is 505 g/mol. The number of hydrogen-bond donors (Lipinski definition) is 0. The Labute approximate surface area is 227 Å². The molecule has 5 rings (SSSR count). The van der Waals surface area contributed by atoms with Crippen molar-refractivity contribution >= 4 is 49.8 Å². The summed E-state index contributed by atoms with van der Waals surface area (Å²) in [5.41, 5.74) is 9.11. The van der Waals surface area contributed by atoms with Gasteiger partial charge in [-0.05, 0) is 40.5 Å². The summed E-state index contributed by atoms with van der Waals surface area (Å²) < 4.78 is 0. The van der Waals surface area contributed by atoms with Crippen LogP contribution in [0.5, 0.6) is 0 Å². The average Bonchev–Trinajstić information content (AvgIpc) is 3.40. The van der Waals surface area contributed by atoms with Gasteiger partial charge in [-0.3, -0.25) is 4.79 Å². The molecule has 0 N–H and O–H groups in total. The van der Waals surface area contributed by atoms with E-state index in [-0.39, 0.29) is 12.5 Å². The lowest BCUT2D eigenvalue weighted by molar-refractivity contribution is -0.128. The Hall–Kier alpha value is -3.42. The van der Waals surface area contributed by atoms with E-state index >= 15 is 0 Å². The maximum atomic E-state index is 13.1. The van der Waals surface area contributed by atoms with Crippen LogP contribution in [-0.2, 0) is 4.79 Å².